The summed E-state index contributed by atoms with van der Waals surface area (Å²) in [6.45, 7) is 1.99. The highest BCUT2D eigenvalue weighted by Crippen LogP contribution is 2.28. The first-order chi connectivity index (χ1) is 9.05. The number of hydrogen-bond acceptors (Lipinski definition) is 3. The van der Waals surface area contributed by atoms with Crippen molar-refractivity contribution in [2.75, 3.05) is 6.54 Å². The van der Waals surface area contributed by atoms with Crippen LogP contribution in [0.4, 0.5) is 0 Å². The lowest BCUT2D eigenvalue weighted by Gasteiger charge is -2.16. The zero-order chi connectivity index (χ0) is 13.9. The van der Waals surface area contributed by atoms with Gasteiger partial charge in [0.2, 0.25) is 0 Å². The van der Waals surface area contributed by atoms with Crippen LogP contribution < -0.4 is 5.73 Å². The van der Waals surface area contributed by atoms with Crippen LogP contribution in [0.25, 0.3) is 0 Å². The smallest absolute Gasteiger partial charge is 0.186 e. The fraction of sp³-hybridized carbons (Fsp3) is 0.200. The Kier molecular flexibility index (Phi) is 4.02. The van der Waals surface area contributed by atoms with Crippen LogP contribution in [0.1, 0.15) is 16.4 Å². The maximum absolute atomic E-state index is 12.6. The largest absolute Gasteiger partial charge is 0.329 e. The van der Waals surface area contributed by atoms with E-state index in [-0.39, 0.29) is 6.54 Å². The summed E-state index contributed by atoms with van der Waals surface area (Å²) in [6.07, 6.45) is 0. The Balaban J connectivity index is 2.45. The van der Waals surface area contributed by atoms with Gasteiger partial charge in [-0.2, -0.15) is 0 Å². The quantitative estimate of drug-likeness (QED) is 0.932. The second kappa shape index (κ2) is 5.55. The maximum Gasteiger partial charge on any atom is 0.186 e. The van der Waals surface area contributed by atoms with Crippen LogP contribution in [0.5, 0.6) is 0 Å². The van der Waals surface area contributed by atoms with E-state index in [0.29, 0.717) is 4.90 Å². The molecule has 0 aliphatic heterocycles. The molecule has 3 nitrogen and oxygen atoms in total. The summed E-state index contributed by atoms with van der Waals surface area (Å²) in [4.78, 5) is 0.317. The number of hydrogen-bond donors (Lipinski definition) is 1. The molecule has 0 saturated carbocycles. The number of rotatable bonds is 4. The van der Waals surface area contributed by atoms with Crippen LogP contribution in [0, 0.1) is 6.92 Å². The van der Waals surface area contributed by atoms with Gasteiger partial charge in [-0.05, 0) is 24.6 Å². The summed E-state index contributed by atoms with van der Waals surface area (Å²) < 4.78 is 25.2. The third kappa shape index (κ3) is 2.85. The zero-order valence-electron chi connectivity index (χ0n) is 10.8. The molecule has 0 heterocycles. The van der Waals surface area contributed by atoms with Gasteiger partial charge in [0.15, 0.2) is 9.84 Å². The van der Waals surface area contributed by atoms with Crippen molar-refractivity contribution in [2.45, 2.75) is 17.1 Å². The molecule has 100 valence electrons. The molecule has 0 spiro atoms. The first-order valence-corrected chi connectivity index (χ1v) is 7.66. The predicted molar refractivity (Wildman–Crippen MR) is 76.6 cm³/mol. The van der Waals surface area contributed by atoms with Gasteiger partial charge in [-0.1, -0.05) is 48.0 Å². The average molecular weight is 275 g/mol. The van der Waals surface area contributed by atoms with Gasteiger partial charge in [-0.3, -0.25) is 0 Å². The fourth-order valence-corrected chi connectivity index (χ4v) is 3.61. The highest BCUT2D eigenvalue weighted by atomic mass is 32.2. The summed E-state index contributed by atoms with van der Waals surface area (Å²) in [6, 6.07) is 16.0. The third-order valence-corrected chi connectivity index (χ3v) is 5.25. The number of sulfone groups is 1. The Morgan fingerprint density at radius 1 is 1.00 bits per heavy atom. The van der Waals surface area contributed by atoms with Crippen molar-refractivity contribution in [1.29, 1.82) is 0 Å². The minimum Gasteiger partial charge on any atom is -0.329 e. The molecule has 4 heteroatoms. The van der Waals surface area contributed by atoms with Crippen LogP contribution >= 0.6 is 0 Å². The molecule has 2 aromatic rings. The zero-order valence-corrected chi connectivity index (χ0v) is 11.6. The summed E-state index contributed by atoms with van der Waals surface area (Å²) in [5.74, 6) is 0. The van der Waals surface area contributed by atoms with Crippen LogP contribution in [0.15, 0.2) is 59.5 Å². The van der Waals surface area contributed by atoms with Gasteiger partial charge in [0.1, 0.15) is 5.25 Å². The molecule has 0 bridgehead atoms. The van der Waals surface area contributed by atoms with Crippen LogP contribution in [-0.4, -0.2) is 15.0 Å². The fourth-order valence-electron chi connectivity index (χ4n) is 2.00. The lowest BCUT2D eigenvalue weighted by atomic mass is 10.1. The molecule has 0 aliphatic rings. The van der Waals surface area contributed by atoms with Crippen LogP contribution in [-0.2, 0) is 9.84 Å². The van der Waals surface area contributed by atoms with Gasteiger partial charge < -0.3 is 5.73 Å². The van der Waals surface area contributed by atoms with Gasteiger partial charge >= 0.3 is 0 Å². The summed E-state index contributed by atoms with van der Waals surface area (Å²) in [5.41, 5.74) is 7.44. The van der Waals surface area contributed by atoms with Gasteiger partial charge in [0.25, 0.3) is 0 Å². The molecule has 2 rings (SSSR count). The summed E-state index contributed by atoms with van der Waals surface area (Å²) in [7, 11) is -3.45. The minimum atomic E-state index is -3.45. The first-order valence-electron chi connectivity index (χ1n) is 6.11. The Morgan fingerprint density at radius 2 is 1.58 bits per heavy atom. The van der Waals surface area contributed by atoms with E-state index < -0.39 is 15.1 Å². The molecule has 0 saturated heterocycles. The second-order valence-electron chi connectivity index (χ2n) is 4.49. The highest BCUT2D eigenvalue weighted by Gasteiger charge is 2.27. The normalized spacial score (nSPS) is 13.2. The standard InChI is InChI=1S/C15H17NO2S/c1-12-7-9-14(10-8-12)19(17,18)15(11-16)13-5-3-2-4-6-13/h2-10,15H,11,16H2,1H3/t15-/m0/s1. The van der Waals surface area contributed by atoms with Gasteiger partial charge in [0.05, 0.1) is 4.90 Å². The van der Waals surface area contributed by atoms with E-state index in [4.69, 9.17) is 5.73 Å². The summed E-state index contributed by atoms with van der Waals surface area (Å²) in [5, 5.41) is -0.698. The molecule has 0 fully saturated rings. The van der Waals surface area contributed by atoms with Crippen molar-refractivity contribution < 1.29 is 8.42 Å². The van der Waals surface area contributed by atoms with Crippen LogP contribution in [0.3, 0.4) is 0 Å². The van der Waals surface area contributed by atoms with E-state index in [0.717, 1.165) is 11.1 Å². The highest BCUT2D eigenvalue weighted by molar-refractivity contribution is 7.91. The molecule has 0 aromatic heterocycles. The van der Waals surface area contributed by atoms with Gasteiger partial charge in [-0.25, -0.2) is 8.42 Å². The molecular formula is C15H17NO2S. The molecule has 0 unspecified atom stereocenters. The average Bonchev–Trinajstić information content (AvgIpc) is 2.41. The molecule has 0 aliphatic carbocycles. The van der Waals surface area contributed by atoms with Gasteiger partial charge in [0, 0.05) is 6.54 Å². The summed E-state index contributed by atoms with van der Waals surface area (Å²) >= 11 is 0. The van der Waals surface area contributed by atoms with Crippen molar-refractivity contribution in [2.24, 2.45) is 5.73 Å². The van der Waals surface area contributed by atoms with Crippen molar-refractivity contribution in [3.63, 3.8) is 0 Å². The second-order valence-corrected chi connectivity index (χ2v) is 6.62. The molecule has 1 atom stereocenters. The molecule has 2 N–H and O–H groups in total. The van der Waals surface area contributed by atoms with Crippen molar-refractivity contribution in [3.8, 4) is 0 Å². The van der Waals surface area contributed by atoms with Crippen molar-refractivity contribution in [1.82, 2.24) is 0 Å². The van der Waals surface area contributed by atoms with Gasteiger partial charge in [-0.15, -0.1) is 0 Å². The predicted octanol–water partition coefficient (Wildman–Crippen LogP) is 2.47. The van der Waals surface area contributed by atoms with Crippen LogP contribution in [0.2, 0.25) is 0 Å². The monoisotopic (exact) mass is 275 g/mol. The number of nitrogens with two attached hydrogens (primary N) is 1. The Hall–Kier alpha value is -1.65. The van der Waals surface area contributed by atoms with E-state index in [1.54, 1.807) is 36.4 Å². The van der Waals surface area contributed by atoms with E-state index in [1.807, 2.05) is 25.1 Å². The maximum atomic E-state index is 12.6. The first kappa shape index (κ1) is 13.8. The van der Waals surface area contributed by atoms with E-state index >= 15 is 0 Å². The SMILES string of the molecule is Cc1ccc(S(=O)(=O)[C@@H](CN)c2ccccc2)cc1. The van der Waals surface area contributed by atoms with E-state index in [2.05, 4.69) is 0 Å². The third-order valence-electron chi connectivity index (χ3n) is 3.11. The van der Waals surface area contributed by atoms with E-state index in [1.165, 1.54) is 0 Å². The number of benzene rings is 2. The van der Waals surface area contributed by atoms with E-state index in [9.17, 15) is 8.42 Å². The molecule has 0 radical (unpaired) electrons. The topological polar surface area (TPSA) is 60.2 Å². The molecular weight excluding hydrogens is 258 g/mol. The Labute approximate surface area is 114 Å². The minimum absolute atomic E-state index is 0.0697. The lowest BCUT2D eigenvalue weighted by Crippen LogP contribution is -2.22. The molecule has 19 heavy (non-hydrogen) atoms. The lowest BCUT2D eigenvalue weighted by molar-refractivity contribution is 0.582. The molecule has 2 aromatic carbocycles. The number of aryl methyl sites for hydroxylation is 1. The Morgan fingerprint density at radius 3 is 2.11 bits per heavy atom. The molecule has 0 amide bonds. The van der Waals surface area contributed by atoms with Crippen molar-refractivity contribution in [3.05, 3.63) is 65.7 Å². The Bertz CT molecular complexity index is 634. The van der Waals surface area contributed by atoms with Crippen molar-refractivity contribution >= 4 is 9.84 Å².